The van der Waals surface area contributed by atoms with Crippen molar-refractivity contribution in [1.29, 1.82) is 0 Å². The van der Waals surface area contributed by atoms with Crippen LogP contribution >= 0.6 is 0 Å². The predicted octanol–water partition coefficient (Wildman–Crippen LogP) is -0.369. The summed E-state index contributed by atoms with van der Waals surface area (Å²) in [5.41, 5.74) is 8.26. The Bertz CT molecular complexity index is 335. The summed E-state index contributed by atoms with van der Waals surface area (Å²) in [4.78, 5) is 14.7. The second-order valence-electron chi connectivity index (χ2n) is 2.40. The number of amides is 2. The molecule has 0 bridgehead atoms. The molecule has 0 aliphatic carbocycles. The summed E-state index contributed by atoms with van der Waals surface area (Å²) in [5.74, 6) is 0.161. The molecule has 1 aromatic rings. The van der Waals surface area contributed by atoms with Gasteiger partial charge in [0.1, 0.15) is 5.69 Å². The molecular weight excluding hydrogens is 182 g/mol. The maximum absolute atomic E-state index is 10.7. The second kappa shape index (κ2) is 4.80. The molecule has 0 fully saturated rings. The molecule has 0 aliphatic rings. The van der Waals surface area contributed by atoms with Crippen LogP contribution in [-0.2, 0) is 0 Å². The highest BCUT2D eigenvalue weighted by Crippen LogP contribution is 1.91. The number of nitrogens with two attached hydrogens (primary N) is 1. The quantitative estimate of drug-likeness (QED) is 0.340. The largest absolute Gasteiger partial charge is 0.380 e. The number of hydrogen-bond acceptors (Lipinski definition) is 3. The Labute approximate surface area is 81.2 Å². The van der Waals surface area contributed by atoms with E-state index in [9.17, 15) is 4.79 Å². The Hall–Kier alpha value is -2.11. The highest BCUT2D eigenvalue weighted by Gasteiger charge is 1.99. The van der Waals surface area contributed by atoms with Crippen LogP contribution in [0.3, 0.4) is 0 Å². The molecule has 0 spiro atoms. The molecule has 0 atom stereocenters. The van der Waals surface area contributed by atoms with E-state index in [2.05, 4.69) is 20.8 Å². The van der Waals surface area contributed by atoms with Crippen LogP contribution in [0.2, 0.25) is 0 Å². The third kappa shape index (κ3) is 2.74. The van der Waals surface area contributed by atoms with E-state index in [1.54, 1.807) is 24.4 Å². The maximum atomic E-state index is 10.7. The molecule has 6 nitrogen and oxygen atoms in total. The van der Waals surface area contributed by atoms with Gasteiger partial charge in [0.05, 0.1) is 0 Å². The number of urea groups is 1. The van der Waals surface area contributed by atoms with Gasteiger partial charge in [0, 0.05) is 13.2 Å². The molecule has 14 heavy (non-hydrogen) atoms. The second-order valence-corrected chi connectivity index (χ2v) is 2.40. The van der Waals surface area contributed by atoms with E-state index in [-0.39, 0.29) is 5.84 Å². The smallest absolute Gasteiger partial charge is 0.334 e. The molecule has 74 valence electrons. The highest BCUT2D eigenvalue weighted by molar-refractivity contribution is 5.96. The van der Waals surface area contributed by atoms with Gasteiger partial charge in [-0.2, -0.15) is 5.10 Å². The number of nitrogens with zero attached hydrogens (tertiary/aromatic N) is 2. The SMILES string of the molecule is CNC(=O)NN=C(N)c1ccccn1. The lowest BCUT2D eigenvalue weighted by molar-refractivity contribution is 0.243. The molecular formula is C8H11N5O. The van der Waals surface area contributed by atoms with Crippen molar-refractivity contribution in [2.75, 3.05) is 7.05 Å². The summed E-state index contributed by atoms with van der Waals surface area (Å²) in [7, 11) is 1.49. The van der Waals surface area contributed by atoms with Crippen LogP contribution < -0.4 is 16.5 Å². The number of carbonyl (C=O) groups excluding carboxylic acids is 1. The van der Waals surface area contributed by atoms with Crippen molar-refractivity contribution in [2.24, 2.45) is 10.8 Å². The van der Waals surface area contributed by atoms with E-state index in [4.69, 9.17) is 5.73 Å². The number of carbonyl (C=O) groups is 1. The normalized spacial score (nSPS) is 10.8. The lowest BCUT2D eigenvalue weighted by Crippen LogP contribution is -2.31. The number of hydrogen-bond donors (Lipinski definition) is 3. The van der Waals surface area contributed by atoms with Crippen molar-refractivity contribution in [1.82, 2.24) is 15.7 Å². The van der Waals surface area contributed by atoms with Crippen molar-refractivity contribution in [3.05, 3.63) is 30.1 Å². The van der Waals surface area contributed by atoms with Crippen LogP contribution in [0.5, 0.6) is 0 Å². The minimum atomic E-state index is -0.427. The fourth-order valence-corrected chi connectivity index (χ4v) is 0.738. The Morgan fingerprint density at radius 1 is 1.57 bits per heavy atom. The van der Waals surface area contributed by atoms with Gasteiger partial charge in [-0.15, -0.1) is 0 Å². The molecule has 0 saturated carbocycles. The molecule has 0 saturated heterocycles. The number of amidine groups is 1. The monoisotopic (exact) mass is 193 g/mol. The molecule has 1 heterocycles. The lowest BCUT2D eigenvalue weighted by Gasteiger charge is -2.00. The average molecular weight is 193 g/mol. The molecule has 1 aromatic heterocycles. The van der Waals surface area contributed by atoms with Crippen molar-refractivity contribution in [3.63, 3.8) is 0 Å². The zero-order chi connectivity index (χ0) is 10.4. The van der Waals surface area contributed by atoms with Crippen molar-refractivity contribution < 1.29 is 4.79 Å². The summed E-state index contributed by atoms with van der Waals surface area (Å²) in [6.07, 6.45) is 1.59. The van der Waals surface area contributed by atoms with Gasteiger partial charge in [0.2, 0.25) is 0 Å². The van der Waals surface area contributed by atoms with Crippen molar-refractivity contribution in [3.8, 4) is 0 Å². The minimum absolute atomic E-state index is 0.161. The van der Waals surface area contributed by atoms with Gasteiger partial charge in [-0.1, -0.05) is 6.07 Å². The number of nitrogens with one attached hydrogen (secondary N) is 2. The zero-order valence-electron chi connectivity index (χ0n) is 7.69. The van der Waals surface area contributed by atoms with Crippen LogP contribution in [0.25, 0.3) is 0 Å². The van der Waals surface area contributed by atoms with Crippen LogP contribution in [-0.4, -0.2) is 23.9 Å². The number of hydrazone groups is 1. The lowest BCUT2D eigenvalue weighted by atomic mass is 10.3. The average Bonchev–Trinajstić information content (AvgIpc) is 2.26. The summed E-state index contributed by atoms with van der Waals surface area (Å²) in [6, 6.07) is 4.82. The Morgan fingerprint density at radius 2 is 2.36 bits per heavy atom. The summed E-state index contributed by atoms with van der Waals surface area (Å²) >= 11 is 0. The zero-order valence-corrected chi connectivity index (χ0v) is 7.69. The van der Waals surface area contributed by atoms with Gasteiger partial charge >= 0.3 is 6.03 Å². The summed E-state index contributed by atoms with van der Waals surface area (Å²) < 4.78 is 0. The van der Waals surface area contributed by atoms with Gasteiger partial charge in [-0.25, -0.2) is 10.2 Å². The first kappa shape index (κ1) is 9.97. The number of pyridine rings is 1. The van der Waals surface area contributed by atoms with E-state index < -0.39 is 6.03 Å². The van der Waals surface area contributed by atoms with Gasteiger partial charge in [0.25, 0.3) is 0 Å². The fraction of sp³-hybridized carbons (Fsp3) is 0.125. The Kier molecular flexibility index (Phi) is 3.42. The Balaban J connectivity index is 2.66. The molecule has 4 N–H and O–H groups in total. The molecule has 6 heteroatoms. The van der Waals surface area contributed by atoms with Gasteiger partial charge in [0.15, 0.2) is 5.84 Å². The van der Waals surface area contributed by atoms with Crippen LogP contribution in [0.1, 0.15) is 5.69 Å². The fourth-order valence-electron chi connectivity index (χ4n) is 0.738. The van der Waals surface area contributed by atoms with E-state index in [0.29, 0.717) is 5.69 Å². The van der Waals surface area contributed by atoms with Gasteiger partial charge in [-0.3, -0.25) is 4.98 Å². The first-order chi connectivity index (χ1) is 6.74. The van der Waals surface area contributed by atoms with Crippen LogP contribution in [0.4, 0.5) is 4.79 Å². The topological polar surface area (TPSA) is 92.4 Å². The number of rotatable bonds is 2. The first-order valence-corrected chi connectivity index (χ1v) is 3.96. The van der Waals surface area contributed by atoms with Crippen LogP contribution in [0, 0.1) is 0 Å². The standard InChI is InChI=1S/C8H11N5O/c1-10-8(14)13-12-7(9)6-4-2-3-5-11-6/h2-5H,1H3,(H2,9,12)(H2,10,13,14). The third-order valence-electron chi connectivity index (χ3n) is 1.43. The summed E-state index contributed by atoms with van der Waals surface area (Å²) in [6.45, 7) is 0. The molecule has 0 radical (unpaired) electrons. The summed E-state index contributed by atoms with van der Waals surface area (Å²) in [5, 5.41) is 5.97. The Morgan fingerprint density at radius 3 is 2.93 bits per heavy atom. The van der Waals surface area contributed by atoms with Gasteiger partial charge in [-0.05, 0) is 12.1 Å². The number of aromatic nitrogens is 1. The van der Waals surface area contributed by atoms with E-state index in [0.717, 1.165) is 0 Å². The highest BCUT2D eigenvalue weighted by atomic mass is 16.2. The maximum Gasteiger partial charge on any atom is 0.334 e. The van der Waals surface area contributed by atoms with Crippen molar-refractivity contribution in [2.45, 2.75) is 0 Å². The van der Waals surface area contributed by atoms with Crippen LogP contribution in [0.15, 0.2) is 29.5 Å². The predicted molar refractivity (Wildman–Crippen MR) is 52.6 cm³/mol. The first-order valence-electron chi connectivity index (χ1n) is 3.96. The molecule has 0 aliphatic heterocycles. The molecule has 1 rings (SSSR count). The van der Waals surface area contributed by atoms with E-state index in [1.807, 2.05) is 0 Å². The minimum Gasteiger partial charge on any atom is -0.380 e. The van der Waals surface area contributed by atoms with E-state index >= 15 is 0 Å². The van der Waals surface area contributed by atoms with Crippen molar-refractivity contribution >= 4 is 11.9 Å². The van der Waals surface area contributed by atoms with Gasteiger partial charge < -0.3 is 11.1 Å². The molecule has 0 aromatic carbocycles. The molecule has 2 amide bonds. The third-order valence-corrected chi connectivity index (χ3v) is 1.43. The molecule has 0 unspecified atom stereocenters. The van der Waals surface area contributed by atoms with E-state index in [1.165, 1.54) is 7.05 Å².